The van der Waals surface area contributed by atoms with Gasteiger partial charge < -0.3 is 14.2 Å². The Morgan fingerprint density at radius 3 is 2.29 bits per heavy atom. The van der Waals surface area contributed by atoms with Gasteiger partial charge in [0.15, 0.2) is 5.78 Å². The molecular formula is C17H26O4. The number of hydrogen-bond acceptors (Lipinski definition) is 4. The van der Waals surface area contributed by atoms with E-state index < -0.39 is 0 Å². The molecule has 0 aromatic heterocycles. The van der Waals surface area contributed by atoms with Crippen molar-refractivity contribution < 1.29 is 19.0 Å². The van der Waals surface area contributed by atoms with Crippen LogP contribution >= 0.6 is 0 Å². The number of carbonyl (C=O) groups is 1. The van der Waals surface area contributed by atoms with Gasteiger partial charge in [-0.15, -0.1) is 0 Å². The third-order valence-corrected chi connectivity index (χ3v) is 3.14. The van der Waals surface area contributed by atoms with Gasteiger partial charge in [-0.3, -0.25) is 4.79 Å². The van der Waals surface area contributed by atoms with Crippen LogP contribution in [0.1, 0.15) is 42.1 Å². The van der Waals surface area contributed by atoms with Crippen molar-refractivity contribution in [3.8, 4) is 0 Å². The second kappa shape index (κ2) is 10.5. The van der Waals surface area contributed by atoms with Crippen molar-refractivity contribution in [2.75, 3.05) is 40.1 Å². The molecule has 0 amide bonds. The highest BCUT2D eigenvalue weighted by atomic mass is 16.5. The highest BCUT2D eigenvalue weighted by Crippen LogP contribution is 2.14. The van der Waals surface area contributed by atoms with Crippen LogP contribution in [-0.2, 0) is 14.2 Å². The first-order chi connectivity index (χ1) is 10.1. The van der Waals surface area contributed by atoms with Crippen LogP contribution in [-0.4, -0.2) is 45.9 Å². The van der Waals surface area contributed by atoms with Crippen molar-refractivity contribution in [3.63, 3.8) is 0 Å². The molecule has 0 bridgehead atoms. The van der Waals surface area contributed by atoms with Gasteiger partial charge in [0.05, 0.1) is 13.2 Å². The second-order valence-electron chi connectivity index (χ2n) is 5.21. The van der Waals surface area contributed by atoms with Gasteiger partial charge in [-0.25, -0.2) is 0 Å². The summed E-state index contributed by atoms with van der Waals surface area (Å²) in [7, 11) is 1.64. The first-order valence-corrected chi connectivity index (χ1v) is 7.42. The van der Waals surface area contributed by atoms with Crippen molar-refractivity contribution in [2.24, 2.45) is 0 Å². The molecule has 0 spiro atoms. The standard InChI is InChI=1S/C17H26O4/c1-14(2)15-5-7-16(8-6-15)17(18)13-21-10-4-9-20-12-11-19-3/h5-8,14H,4,9-13H2,1-3H3. The van der Waals surface area contributed by atoms with E-state index in [0.29, 0.717) is 37.9 Å². The largest absolute Gasteiger partial charge is 0.382 e. The molecule has 0 unspecified atom stereocenters. The summed E-state index contributed by atoms with van der Waals surface area (Å²) in [5.74, 6) is 0.495. The normalized spacial score (nSPS) is 11.0. The fraction of sp³-hybridized carbons (Fsp3) is 0.588. The van der Waals surface area contributed by atoms with Crippen LogP contribution in [0.25, 0.3) is 0 Å². The van der Waals surface area contributed by atoms with Gasteiger partial charge in [-0.2, -0.15) is 0 Å². The number of hydrogen-bond donors (Lipinski definition) is 0. The number of ether oxygens (including phenoxy) is 3. The zero-order chi connectivity index (χ0) is 15.5. The summed E-state index contributed by atoms with van der Waals surface area (Å²) in [5, 5.41) is 0. The predicted octanol–water partition coefficient (Wildman–Crippen LogP) is 3.06. The lowest BCUT2D eigenvalue weighted by Gasteiger charge is -2.07. The van der Waals surface area contributed by atoms with E-state index in [-0.39, 0.29) is 12.4 Å². The minimum Gasteiger partial charge on any atom is -0.382 e. The molecule has 0 aliphatic carbocycles. The topological polar surface area (TPSA) is 44.8 Å². The highest BCUT2D eigenvalue weighted by Gasteiger charge is 2.06. The molecule has 0 atom stereocenters. The molecule has 21 heavy (non-hydrogen) atoms. The molecule has 0 saturated heterocycles. The number of Topliss-reactive ketones (excluding diaryl/α,β-unsaturated/α-hetero) is 1. The lowest BCUT2D eigenvalue weighted by molar-refractivity contribution is 0.0488. The summed E-state index contributed by atoms with van der Waals surface area (Å²) in [6.45, 7) is 6.75. The van der Waals surface area contributed by atoms with E-state index in [0.717, 1.165) is 6.42 Å². The van der Waals surface area contributed by atoms with Crippen LogP contribution in [0.15, 0.2) is 24.3 Å². The monoisotopic (exact) mass is 294 g/mol. The molecule has 0 N–H and O–H groups in total. The molecule has 0 fully saturated rings. The Hall–Kier alpha value is -1.23. The van der Waals surface area contributed by atoms with E-state index in [1.807, 2.05) is 24.3 Å². The molecule has 1 aromatic carbocycles. The summed E-state index contributed by atoms with van der Waals surface area (Å²) in [5.41, 5.74) is 1.94. The number of methoxy groups -OCH3 is 1. The molecule has 1 aromatic rings. The molecular weight excluding hydrogens is 268 g/mol. The number of benzene rings is 1. The molecule has 0 aliphatic rings. The number of ketones is 1. The molecule has 118 valence electrons. The number of carbonyl (C=O) groups excluding carboxylic acids is 1. The van der Waals surface area contributed by atoms with Crippen molar-refractivity contribution in [3.05, 3.63) is 35.4 Å². The van der Waals surface area contributed by atoms with E-state index in [4.69, 9.17) is 14.2 Å². The quantitative estimate of drug-likeness (QED) is 0.465. The Kier molecular flexibility index (Phi) is 8.90. The summed E-state index contributed by atoms with van der Waals surface area (Å²) in [6, 6.07) is 7.74. The van der Waals surface area contributed by atoms with Crippen molar-refractivity contribution in [1.29, 1.82) is 0 Å². The average molecular weight is 294 g/mol. The maximum Gasteiger partial charge on any atom is 0.188 e. The van der Waals surface area contributed by atoms with Crippen molar-refractivity contribution in [2.45, 2.75) is 26.2 Å². The highest BCUT2D eigenvalue weighted by molar-refractivity contribution is 5.97. The lowest BCUT2D eigenvalue weighted by atomic mass is 10.0. The summed E-state index contributed by atoms with van der Waals surface area (Å²) in [4.78, 5) is 11.9. The van der Waals surface area contributed by atoms with E-state index in [9.17, 15) is 4.79 Å². The van der Waals surface area contributed by atoms with Crippen LogP contribution in [0.3, 0.4) is 0 Å². The maximum atomic E-state index is 11.9. The molecule has 4 heteroatoms. The van der Waals surface area contributed by atoms with Crippen LogP contribution in [0.2, 0.25) is 0 Å². The summed E-state index contributed by atoms with van der Waals surface area (Å²) >= 11 is 0. The van der Waals surface area contributed by atoms with Gasteiger partial charge in [-0.05, 0) is 17.9 Å². The van der Waals surface area contributed by atoms with E-state index in [2.05, 4.69) is 13.8 Å². The van der Waals surface area contributed by atoms with Gasteiger partial charge in [0, 0.05) is 25.9 Å². The number of rotatable bonds is 11. The van der Waals surface area contributed by atoms with Gasteiger partial charge in [0.25, 0.3) is 0 Å². The van der Waals surface area contributed by atoms with E-state index >= 15 is 0 Å². The summed E-state index contributed by atoms with van der Waals surface area (Å²) < 4.78 is 15.6. The SMILES string of the molecule is COCCOCCCOCC(=O)c1ccc(C(C)C)cc1. The molecule has 0 radical (unpaired) electrons. The average Bonchev–Trinajstić information content (AvgIpc) is 2.49. The Morgan fingerprint density at radius 2 is 1.67 bits per heavy atom. The molecule has 1 rings (SSSR count). The fourth-order valence-electron chi connectivity index (χ4n) is 1.81. The zero-order valence-corrected chi connectivity index (χ0v) is 13.3. The minimum atomic E-state index is 0.0191. The van der Waals surface area contributed by atoms with E-state index in [1.54, 1.807) is 7.11 Å². The first kappa shape index (κ1) is 17.8. The lowest BCUT2D eigenvalue weighted by Crippen LogP contribution is -2.11. The Balaban J connectivity index is 2.16. The second-order valence-corrected chi connectivity index (χ2v) is 5.21. The maximum absolute atomic E-state index is 11.9. The zero-order valence-electron chi connectivity index (χ0n) is 13.3. The Morgan fingerprint density at radius 1 is 1.00 bits per heavy atom. The van der Waals surface area contributed by atoms with Gasteiger partial charge in [0.1, 0.15) is 6.61 Å². The molecule has 0 aliphatic heterocycles. The third kappa shape index (κ3) is 7.37. The van der Waals surface area contributed by atoms with Crippen LogP contribution in [0.5, 0.6) is 0 Å². The summed E-state index contributed by atoms with van der Waals surface area (Å²) in [6.07, 6.45) is 0.781. The van der Waals surface area contributed by atoms with Crippen LogP contribution in [0.4, 0.5) is 0 Å². The van der Waals surface area contributed by atoms with Gasteiger partial charge in [-0.1, -0.05) is 38.1 Å². The van der Waals surface area contributed by atoms with Gasteiger partial charge >= 0.3 is 0 Å². The third-order valence-electron chi connectivity index (χ3n) is 3.14. The predicted molar refractivity (Wildman–Crippen MR) is 83.0 cm³/mol. The molecule has 0 saturated carbocycles. The van der Waals surface area contributed by atoms with Crippen molar-refractivity contribution in [1.82, 2.24) is 0 Å². The Labute approximate surface area is 127 Å². The minimum absolute atomic E-state index is 0.0191. The van der Waals surface area contributed by atoms with E-state index in [1.165, 1.54) is 5.56 Å². The molecule has 0 heterocycles. The smallest absolute Gasteiger partial charge is 0.188 e. The fourth-order valence-corrected chi connectivity index (χ4v) is 1.81. The van der Waals surface area contributed by atoms with Crippen LogP contribution < -0.4 is 0 Å². The van der Waals surface area contributed by atoms with Crippen LogP contribution in [0, 0.1) is 0 Å². The van der Waals surface area contributed by atoms with Gasteiger partial charge in [0.2, 0.25) is 0 Å². The first-order valence-electron chi connectivity index (χ1n) is 7.42. The Bertz CT molecular complexity index is 398. The van der Waals surface area contributed by atoms with Crippen molar-refractivity contribution >= 4 is 5.78 Å². The molecule has 4 nitrogen and oxygen atoms in total.